The Kier molecular flexibility index (Phi) is 6.99. The SMILES string of the molecule is O=C(Nc1nc(-c2ccccc2Cl)cs1)c1ccc(N2CCN(C(=O)CCO)CC2)cn1. The molecule has 2 amide bonds. The lowest BCUT2D eigenvalue weighted by Crippen LogP contribution is -2.49. The molecular weight excluding hydrogens is 450 g/mol. The van der Waals surface area contributed by atoms with E-state index in [2.05, 4.69) is 20.2 Å². The number of halogens is 1. The highest BCUT2D eigenvalue weighted by Gasteiger charge is 2.21. The van der Waals surface area contributed by atoms with Gasteiger partial charge in [0.15, 0.2) is 5.13 Å². The molecule has 10 heteroatoms. The summed E-state index contributed by atoms with van der Waals surface area (Å²) in [7, 11) is 0. The highest BCUT2D eigenvalue weighted by atomic mass is 35.5. The van der Waals surface area contributed by atoms with Crippen LogP contribution >= 0.6 is 22.9 Å². The summed E-state index contributed by atoms with van der Waals surface area (Å²) in [6.07, 6.45) is 1.82. The van der Waals surface area contributed by atoms with Gasteiger partial charge in [-0.25, -0.2) is 9.97 Å². The molecule has 1 fully saturated rings. The van der Waals surface area contributed by atoms with Crippen LogP contribution in [0.4, 0.5) is 10.8 Å². The zero-order valence-electron chi connectivity index (χ0n) is 17.2. The average Bonchev–Trinajstić information content (AvgIpc) is 3.28. The van der Waals surface area contributed by atoms with E-state index in [1.54, 1.807) is 23.2 Å². The number of pyridine rings is 1. The molecule has 1 aliphatic rings. The maximum Gasteiger partial charge on any atom is 0.276 e. The van der Waals surface area contributed by atoms with E-state index in [0.29, 0.717) is 47.7 Å². The molecule has 0 aliphatic carbocycles. The summed E-state index contributed by atoms with van der Waals surface area (Å²) < 4.78 is 0. The van der Waals surface area contributed by atoms with E-state index >= 15 is 0 Å². The van der Waals surface area contributed by atoms with Crippen molar-refractivity contribution in [1.82, 2.24) is 14.9 Å². The van der Waals surface area contributed by atoms with Crippen molar-refractivity contribution in [3.63, 3.8) is 0 Å². The molecule has 3 heterocycles. The van der Waals surface area contributed by atoms with Gasteiger partial charge in [-0.15, -0.1) is 11.3 Å². The molecule has 0 saturated carbocycles. The second kappa shape index (κ2) is 10.1. The lowest BCUT2D eigenvalue weighted by Gasteiger charge is -2.36. The first-order valence-electron chi connectivity index (χ1n) is 10.2. The van der Waals surface area contributed by atoms with Gasteiger partial charge in [0.2, 0.25) is 5.91 Å². The van der Waals surface area contributed by atoms with Crippen molar-refractivity contribution in [2.75, 3.05) is 43.0 Å². The van der Waals surface area contributed by atoms with Crippen molar-refractivity contribution < 1.29 is 14.7 Å². The van der Waals surface area contributed by atoms with E-state index in [1.807, 2.05) is 29.6 Å². The van der Waals surface area contributed by atoms with Gasteiger partial charge in [-0.2, -0.15) is 0 Å². The number of aromatic nitrogens is 2. The first-order valence-corrected chi connectivity index (χ1v) is 11.4. The van der Waals surface area contributed by atoms with Crippen LogP contribution in [0.15, 0.2) is 48.0 Å². The molecule has 0 radical (unpaired) electrons. The molecule has 0 atom stereocenters. The Labute approximate surface area is 194 Å². The fourth-order valence-corrected chi connectivity index (χ4v) is 4.40. The van der Waals surface area contributed by atoms with Gasteiger partial charge < -0.3 is 14.9 Å². The molecule has 1 aliphatic heterocycles. The number of piperazine rings is 1. The van der Waals surface area contributed by atoms with Crippen LogP contribution in [0.1, 0.15) is 16.9 Å². The number of aliphatic hydroxyl groups is 1. The number of thiazole rings is 1. The van der Waals surface area contributed by atoms with Crippen LogP contribution in [-0.2, 0) is 4.79 Å². The summed E-state index contributed by atoms with van der Waals surface area (Å²) in [6, 6.07) is 10.9. The normalized spacial score (nSPS) is 13.8. The molecule has 0 bridgehead atoms. The smallest absolute Gasteiger partial charge is 0.276 e. The molecule has 1 saturated heterocycles. The summed E-state index contributed by atoms with van der Waals surface area (Å²) >= 11 is 7.54. The van der Waals surface area contributed by atoms with E-state index in [0.717, 1.165) is 11.3 Å². The number of nitrogens with zero attached hydrogens (tertiary/aromatic N) is 4. The van der Waals surface area contributed by atoms with Gasteiger partial charge in [0.1, 0.15) is 5.69 Å². The van der Waals surface area contributed by atoms with Crippen molar-refractivity contribution in [1.29, 1.82) is 0 Å². The van der Waals surface area contributed by atoms with Gasteiger partial charge in [-0.1, -0.05) is 29.8 Å². The molecule has 1 aromatic carbocycles. The minimum absolute atomic E-state index is 0.0304. The van der Waals surface area contributed by atoms with Crippen molar-refractivity contribution in [3.05, 3.63) is 58.7 Å². The monoisotopic (exact) mass is 471 g/mol. The molecule has 2 N–H and O–H groups in total. The van der Waals surface area contributed by atoms with Gasteiger partial charge in [-0.3, -0.25) is 14.9 Å². The molecule has 0 unspecified atom stereocenters. The minimum atomic E-state index is -0.337. The zero-order valence-corrected chi connectivity index (χ0v) is 18.8. The topological polar surface area (TPSA) is 98.7 Å². The molecule has 4 rings (SSSR count). The summed E-state index contributed by atoms with van der Waals surface area (Å²) in [5.74, 6) is -0.367. The first-order chi connectivity index (χ1) is 15.5. The number of hydrogen-bond acceptors (Lipinski definition) is 7. The average molecular weight is 472 g/mol. The number of nitrogens with one attached hydrogen (secondary N) is 1. The Morgan fingerprint density at radius 1 is 1.12 bits per heavy atom. The van der Waals surface area contributed by atoms with Crippen molar-refractivity contribution in [3.8, 4) is 11.3 Å². The fourth-order valence-electron chi connectivity index (χ4n) is 3.46. The number of benzene rings is 1. The van der Waals surface area contributed by atoms with Crippen molar-refractivity contribution >= 4 is 45.6 Å². The highest BCUT2D eigenvalue weighted by molar-refractivity contribution is 7.14. The number of carbonyl (C=O) groups is 2. The number of carbonyl (C=O) groups excluding carboxylic acids is 2. The number of anilines is 2. The largest absolute Gasteiger partial charge is 0.396 e. The predicted octanol–water partition coefficient (Wildman–Crippen LogP) is 3.14. The second-order valence-electron chi connectivity index (χ2n) is 7.21. The van der Waals surface area contributed by atoms with Gasteiger partial charge >= 0.3 is 0 Å². The van der Waals surface area contributed by atoms with Gasteiger partial charge in [0, 0.05) is 48.6 Å². The Bertz CT molecular complexity index is 1100. The summed E-state index contributed by atoms with van der Waals surface area (Å²) in [4.78, 5) is 37.1. The Morgan fingerprint density at radius 3 is 2.59 bits per heavy atom. The van der Waals surface area contributed by atoms with Crippen LogP contribution < -0.4 is 10.2 Å². The van der Waals surface area contributed by atoms with Crippen LogP contribution in [0.3, 0.4) is 0 Å². The fraction of sp³-hybridized carbons (Fsp3) is 0.273. The van der Waals surface area contributed by atoms with Gasteiger partial charge in [0.05, 0.1) is 24.2 Å². The number of rotatable bonds is 6. The summed E-state index contributed by atoms with van der Waals surface area (Å²) in [6.45, 7) is 2.41. The molecule has 2 aromatic heterocycles. The maximum absolute atomic E-state index is 12.6. The number of hydrogen-bond donors (Lipinski definition) is 2. The predicted molar refractivity (Wildman–Crippen MR) is 125 cm³/mol. The van der Waals surface area contributed by atoms with Gasteiger partial charge in [-0.05, 0) is 18.2 Å². The lowest BCUT2D eigenvalue weighted by atomic mass is 10.2. The van der Waals surface area contributed by atoms with E-state index in [1.165, 1.54) is 11.3 Å². The maximum atomic E-state index is 12.6. The third kappa shape index (κ3) is 5.07. The first kappa shape index (κ1) is 22.2. The second-order valence-corrected chi connectivity index (χ2v) is 8.48. The Balaban J connectivity index is 1.35. The summed E-state index contributed by atoms with van der Waals surface area (Å²) in [5, 5.41) is 14.6. The Hall–Kier alpha value is -3.01. The quantitative estimate of drug-likeness (QED) is 0.573. The lowest BCUT2D eigenvalue weighted by molar-refractivity contribution is -0.132. The van der Waals surface area contributed by atoms with E-state index < -0.39 is 0 Å². The highest BCUT2D eigenvalue weighted by Crippen LogP contribution is 2.30. The van der Waals surface area contributed by atoms with Crippen LogP contribution in [0.5, 0.6) is 0 Å². The van der Waals surface area contributed by atoms with Crippen LogP contribution in [0, 0.1) is 0 Å². The molecule has 32 heavy (non-hydrogen) atoms. The third-order valence-electron chi connectivity index (χ3n) is 5.18. The number of aliphatic hydroxyl groups excluding tert-OH is 1. The zero-order chi connectivity index (χ0) is 22.5. The standard InChI is InChI=1S/C22H22ClN5O3S/c23-17-4-2-1-3-16(17)19-14-32-22(25-19)26-21(31)18-6-5-15(13-24-18)27-8-10-28(11-9-27)20(30)7-12-29/h1-6,13-14,29H,7-12H2,(H,25,26,31). The van der Waals surface area contributed by atoms with E-state index in [-0.39, 0.29) is 24.8 Å². The molecular formula is C22H22ClN5O3S. The van der Waals surface area contributed by atoms with E-state index in [9.17, 15) is 9.59 Å². The van der Waals surface area contributed by atoms with Gasteiger partial charge in [0.25, 0.3) is 5.91 Å². The molecule has 3 aromatic rings. The van der Waals surface area contributed by atoms with Crippen LogP contribution in [0.2, 0.25) is 5.02 Å². The van der Waals surface area contributed by atoms with E-state index in [4.69, 9.17) is 16.7 Å². The minimum Gasteiger partial charge on any atom is -0.396 e. The number of amides is 2. The Morgan fingerprint density at radius 2 is 1.91 bits per heavy atom. The van der Waals surface area contributed by atoms with Crippen LogP contribution in [-0.4, -0.2) is 64.6 Å². The molecule has 166 valence electrons. The summed E-state index contributed by atoms with van der Waals surface area (Å²) in [5.41, 5.74) is 2.70. The van der Waals surface area contributed by atoms with Crippen molar-refractivity contribution in [2.24, 2.45) is 0 Å². The third-order valence-corrected chi connectivity index (χ3v) is 6.27. The van der Waals surface area contributed by atoms with Crippen LogP contribution in [0.25, 0.3) is 11.3 Å². The molecule has 0 spiro atoms. The van der Waals surface area contributed by atoms with Crippen molar-refractivity contribution in [2.45, 2.75) is 6.42 Å². The molecule has 8 nitrogen and oxygen atoms in total.